The Balaban J connectivity index is 2.50. The predicted molar refractivity (Wildman–Crippen MR) is 144 cm³/mol. The Bertz CT molecular complexity index is 1150. The van der Waals surface area contributed by atoms with Crippen molar-refractivity contribution in [3.63, 3.8) is 0 Å². The van der Waals surface area contributed by atoms with E-state index >= 15 is 0 Å². The molecule has 0 fully saturated rings. The van der Waals surface area contributed by atoms with Crippen molar-refractivity contribution in [1.82, 2.24) is 10.2 Å². The lowest BCUT2D eigenvalue weighted by atomic mass is 10.1. The van der Waals surface area contributed by atoms with Crippen LogP contribution in [0, 0.1) is 13.8 Å². The van der Waals surface area contributed by atoms with Gasteiger partial charge in [-0.15, -0.1) is 0 Å². The van der Waals surface area contributed by atoms with Crippen molar-refractivity contribution < 1.29 is 22.7 Å². The molecule has 0 aromatic heterocycles. The van der Waals surface area contributed by atoms with Crippen LogP contribution in [0.5, 0.6) is 5.75 Å². The Labute approximate surface area is 215 Å². The molecule has 0 bridgehead atoms. The Kier molecular flexibility index (Phi) is 10.3. The lowest BCUT2D eigenvalue weighted by molar-refractivity contribution is -0.140. The minimum atomic E-state index is -3.84. The first-order valence-electron chi connectivity index (χ1n) is 12.2. The highest BCUT2D eigenvalue weighted by atomic mass is 32.2. The lowest BCUT2D eigenvalue weighted by Gasteiger charge is -2.33. The number of ether oxygens (including phenoxy) is 1. The molecule has 0 aliphatic heterocycles. The highest BCUT2D eigenvalue weighted by Gasteiger charge is 2.33. The molecule has 2 unspecified atom stereocenters. The minimum absolute atomic E-state index is 0.0491. The Hall–Kier alpha value is -3.07. The second-order valence-electron chi connectivity index (χ2n) is 9.19. The zero-order chi connectivity index (χ0) is 27.0. The van der Waals surface area contributed by atoms with E-state index in [0.29, 0.717) is 12.2 Å². The van der Waals surface area contributed by atoms with Crippen molar-refractivity contribution >= 4 is 27.5 Å². The molecule has 0 saturated heterocycles. The van der Waals surface area contributed by atoms with Crippen LogP contribution in [-0.4, -0.2) is 57.1 Å². The normalized spacial score (nSPS) is 13.0. The van der Waals surface area contributed by atoms with Crippen LogP contribution in [0.1, 0.15) is 50.3 Å². The molecule has 0 radical (unpaired) electrons. The van der Waals surface area contributed by atoms with Crippen molar-refractivity contribution in [1.29, 1.82) is 0 Å². The fourth-order valence-electron chi connectivity index (χ4n) is 3.84. The van der Waals surface area contributed by atoms with E-state index in [-0.39, 0.29) is 24.2 Å². The third-order valence-electron chi connectivity index (χ3n) is 6.14. The van der Waals surface area contributed by atoms with Crippen molar-refractivity contribution in [3.8, 4) is 5.75 Å². The monoisotopic (exact) mass is 517 g/mol. The second-order valence-corrected chi connectivity index (χ2v) is 11.1. The van der Waals surface area contributed by atoms with E-state index in [0.717, 1.165) is 33.7 Å². The number of hydrogen-bond donors (Lipinski definition) is 1. The number of benzene rings is 2. The lowest BCUT2D eigenvalue weighted by Crippen LogP contribution is -2.53. The van der Waals surface area contributed by atoms with Crippen LogP contribution in [0.25, 0.3) is 0 Å². The van der Waals surface area contributed by atoms with Gasteiger partial charge in [0.1, 0.15) is 18.3 Å². The van der Waals surface area contributed by atoms with Gasteiger partial charge in [0.05, 0.1) is 19.1 Å². The van der Waals surface area contributed by atoms with Crippen molar-refractivity contribution in [2.24, 2.45) is 0 Å². The van der Waals surface area contributed by atoms with Gasteiger partial charge in [-0.05, 0) is 56.9 Å². The molecule has 0 aliphatic rings. The summed E-state index contributed by atoms with van der Waals surface area (Å²) in [5, 5.41) is 2.97. The van der Waals surface area contributed by atoms with Crippen LogP contribution >= 0.6 is 0 Å². The number of sulfonamides is 1. The van der Waals surface area contributed by atoms with Crippen LogP contribution in [0.4, 0.5) is 5.69 Å². The number of nitrogens with one attached hydrogen (secondary N) is 1. The number of carbonyl (C=O) groups is 2. The molecule has 1 N–H and O–H groups in total. The van der Waals surface area contributed by atoms with Gasteiger partial charge in [-0.1, -0.05) is 49.7 Å². The van der Waals surface area contributed by atoms with Gasteiger partial charge < -0.3 is 15.0 Å². The van der Waals surface area contributed by atoms with E-state index in [2.05, 4.69) is 5.32 Å². The van der Waals surface area contributed by atoms with Crippen LogP contribution in [0.15, 0.2) is 42.5 Å². The summed E-state index contributed by atoms with van der Waals surface area (Å²) in [6, 6.07) is 12.0. The molecular formula is C27H39N3O5S. The van der Waals surface area contributed by atoms with Crippen molar-refractivity contribution in [3.05, 3.63) is 59.2 Å². The van der Waals surface area contributed by atoms with E-state index in [1.807, 2.05) is 58.9 Å². The molecular weight excluding hydrogens is 478 g/mol. The number of hydrogen-bond acceptors (Lipinski definition) is 5. The van der Waals surface area contributed by atoms with Crippen LogP contribution in [-0.2, 0) is 26.2 Å². The molecule has 2 aromatic rings. The van der Waals surface area contributed by atoms with E-state index < -0.39 is 28.5 Å². The quantitative estimate of drug-likeness (QED) is 0.462. The molecule has 36 heavy (non-hydrogen) atoms. The highest BCUT2D eigenvalue weighted by Crippen LogP contribution is 2.31. The van der Waals surface area contributed by atoms with Crippen molar-refractivity contribution in [2.75, 3.05) is 24.2 Å². The molecule has 8 nitrogen and oxygen atoms in total. The third-order valence-corrected chi connectivity index (χ3v) is 7.27. The SMILES string of the molecule is CCC(C)NC(=O)C(CC)N(Cc1ccc(C)cc1)C(=O)CN(c1cc(C)ccc1OC)S(C)(=O)=O. The van der Waals surface area contributed by atoms with Crippen LogP contribution in [0.3, 0.4) is 0 Å². The average Bonchev–Trinajstić information content (AvgIpc) is 2.82. The minimum Gasteiger partial charge on any atom is -0.495 e. The maximum atomic E-state index is 13.8. The number of amides is 2. The summed E-state index contributed by atoms with van der Waals surface area (Å²) in [5.74, 6) is -0.396. The topological polar surface area (TPSA) is 96.0 Å². The summed E-state index contributed by atoms with van der Waals surface area (Å²) in [5.41, 5.74) is 3.03. The van der Waals surface area contributed by atoms with Gasteiger partial charge in [-0.2, -0.15) is 0 Å². The Morgan fingerprint density at radius 1 is 1.00 bits per heavy atom. The van der Waals surface area contributed by atoms with E-state index in [9.17, 15) is 18.0 Å². The summed E-state index contributed by atoms with van der Waals surface area (Å²) in [6.07, 6.45) is 2.19. The van der Waals surface area contributed by atoms with Gasteiger partial charge in [-0.3, -0.25) is 13.9 Å². The number of anilines is 1. The van der Waals surface area contributed by atoms with Gasteiger partial charge >= 0.3 is 0 Å². The number of aryl methyl sites for hydroxylation is 2. The summed E-state index contributed by atoms with van der Waals surface area (Å²) in [4.78, 5) is 28.4. The molecule has 2 aromatic carbocycles. The molecule has 0 aliphatic carbocycles. The second kappa shape index (κ2) is 12.8. The molecule has 0 saturated carbocycles. The predicted octanol–water partition coefficient (Wildman–Crippen LogP) is 3.80. The van der Waals surface area contributed by atoms with E-state index in [4.69, 9.17) is 4.74 Å². The van der Waals surface area contributed by atoms with Crippen LogP contribution < -0.4 is 14.4 Å². The molecule has 2 atom stereocenters. The zero-order valence-corrected chi connectivity index (χ0v) is 23.2. The molecule has 2 rings (SSSR count). The molecule has 0 spiro atoms. The molecule has 9 heteroatoms. The average molecular weight is 518 g/mol. The Morgan fingerprint density at radius 2 is 1.61 bits per heavy atom. The first-order chi connectivity index (χ1) is 16.9. The Morgan fingerprint density at radius 3 is 2.14 bits per heavy atom. The first kappa shape index (κ1) is 29.2. The maximum Gasteiger partial charge on any atom is 0.244 e. The van der Waals surface area contributed by atoms with Crippen molar-refractivity contribution in [2.45, 2.75) is 66.1 Å². The number of nitrogens with zero attached hydrogens (tertiary/aromatic N) is 2. The third kappa shape index (κ3) is 7.71. The number of rotatable bonds is 12. The first-order valence-corrected chi connectivity index (χ1v) is 14.0. The maximum absolute atomic E-state index is 13.8. The van der Waals surface area contributed by atoms with Gasteiger partial charge in [-0.25, -0.2) is 8.42 Å². The summed E-state index contributed by atoms with van der Waals surface area (Å²) < 4.78 is 32.1. The fourth-order valence-corrected chi connectivity index (χ4v) is 4.69. The summed E-state index contributed by atoms with van der Waals surface area (Å²) in [6.45, 7) is 9.24. The molecule has 0 heterocycles. The number of methoxy groups -OCH3 is 1. The van der Waals surface area contributed by atoms with Gasteiger partial charge in [0.25, 0.3) is 0 Å². The zero-order valence-electron chi connectivity index (χ0n) is 22.4. The standard InChI is InChI=1S/C27H39N3O5S/c1-8-21(5)28-27(32)23(9-2)29(17-22-13-10-19(3)11-14-22)26(31)18-30(36(7,33)34)24-16-20(4)12-15-25(24)35-6/h10-16,21,23H,8-9,17-18H2,1-7H3,(H,28,32). The highest BCUT2D eigenvalue weighted by molar-refractivity contribution is 7.92. The largest absolute Gasteiger partial charge is 0.495 e. The summed E-state index contributed by atoms with van der Waals surface area (Å²) in [7, 11) is -2.39. The van der Waals surface area contributed by atoms with E-state index in [1.54, 1.807) is 18.2 Å². The van der Waals surface area contributed by atoms with Crippen LogP contribution in [0.2, 0.25) is 0 Å². The van der Waals surface area contributed by atoms with Gasteiger partial charge in [0.2, 0.25) is 21.8 Å². The fraction of sp³-hybridized carbons (Fsp3) is 0.481. The van der Waals surface area contributed by atoms with Gasteiger partial charge in [0, 0.05) is 12.6 Å². The number of carbonyl (C=O) groups excluding carboxylic acids is 2. The summed E-state index contributed by atoms with van der Waals surface area (Å²) >= 11 is 0. The molecule has 2 amide bonds. The smallest absolute Gasteiger partial charge is 0.244 e. The van der Waals surface area contributed by atoms with E-state index in [1.165, 1.54) is 12.0 Å². The van der Waals surface area contributed by atoms with Gasteiger partial charge in [0.15, 0.2) is 0 Å². The molecule has 198 valence electrons.